The molecule has 2 heteroatoms. The van der Waals surface area contributed by atoms with Gasteiger partial charge in [-0.3, -0.25) is 0 Å². The first-order valence-electron chi connectivity index (χ1n) is 9.47. The van der Waals surface area contributed by atoms with Crippen molar-refractivity contribution in [2.24, 2.45) is 11.7 Å². The minimum atomic E-state index is -0.236. The van der Waals surface area contributed by atoms with Crippen LogP contribution in [-0.2, 0) is 11.8 Å². The Morgan fingerprint density at radius 2 is 1.77 bits per heavy atom. The van der Waals surface area contributed by atoms with E-state index in [2.05, 4.69) is 44.2 Å². The number of hydrogen-bond donors (Lipinski definition) is 1. The van der Waals surface area contributed by atoms with Gasteiger partial charge in [0.05, 0.1) is 0 Å². The minimum absolute atomic E-state index is 0.236. The molecule has 2 aromatic rings. The molecule has 0 heterocycles. The molecular formula is C24H30FN. The molecule has 26 heavy (non-hydrogen) atoms. The van der Waals surface area contributed by atoms with Crippen LogP contribution in [0.15, 0.2) is 66.9 Å². The fourth-order valence-electron chi connectivity index (χ4n) is 3.41. The average molecular weight is 352 g/mol. The summed E-state index contributed by atoms with van der Waals surface area (Å²) < 4.78 is 13.1. The highest BCUT2D eigenvalue weighted by atomic mass is 19.1. The average Bonchev–Trinajstić information content (AvgIpc) is 3.29. The number of nitrogens with two attached hydrogens (primary N) is 1. The summed E-state index contributed by atoms with van der Waals surface area (Å²) in [4.78, 5) is 0. The van der Waals surface area contributed by atoms with Crippen LogP contribution in [0.25, 0.3) is 5.57 Å². The van der Waals surface area contributed by atoms with Gasteiger partial charge in [-0.1, -0.05) is 76.2 Å². The Hall–Kier alpha value is -2.35. The van der Waals surface area contributed by atoms with Crippen molar-refractivity contribution in [1.29, 1.82) is 0 Å². The SMILES string of the molecule is CC.CC1CC1(C)c1ccccc1C/C=C\C(=C/N)c1ccc(F)cc1. The lowest BCUT2D eigenvalue weighted by atomic mass is 9.89. The van der Waals surface area contributed by atoms with Gasteiger partial charge in [-0.05, 0) is 58.6 Å². The van der Waals surface area contributed by atoms with Crippen LogP contribution < -0.4 is 5.73 Å². The van der Waals surface area contributed by atoms with Crippen molar-refractivity contribution in [3.8, 4) is 0 Å². The molecule has 2 unspecified atom stereocenters. The van der Waals surface area contributed by atoms with Crippen molar-refractivity contribution in [3.63, 3.8) is 0 Å². The molecule has 0 saturated heterocycles. The second kappa shape index (κ2) is 8.84. The number of hydrogen-bond acceptors (Lipinski definition) is 1. The molecular weight excluding hydrogens is 321 g/mol. The number of allylic oxidation sites excluding steroid dienone is 3. The Labute approximate surface area is 157 Å². The monoisotopic (exact) mass is 351 g/mol. The predicted molar refractivity (Wildman–Crippen MR) is 110 cm³/mol. The quantitative estimate of drug-likeness (QED) is 0.633. The molecule has 0 spiro atoms. The Morgan fingerprint density at radius 1 is 1.15 bits per heavy atom. The number of rotatable bonds is 5. The summed E-state index contributed by atoms with van der Waals surface area (Å²) in [6, 6.07) is 15.1. The van der Waals surface area contributed by atoms with Gasteiger partial charge < -0.3 is 5.73 Å². The molecule has 1 fully saturated rings. The lowest BCUT2D eigenvalue weighted by Crippen LogP contribution is -2.06. The fraction of sp³-hybridized carbons (Fsp3) is 0.333. The molecule has 138 valence electrons. The van der Waals surface area contributed by atoms with Crippen LogP contribution in [0, 0.1) is 11.7 Å². The van der Waals surface area contributed by atoms with Crippen LogP contribution in [-0.4, -0.2) is 0 Å². The molecule has 2 N–H and O–H groups in total. The molecule has 1 aliphatic rings. The fourth-order valence-corrected chi connectivity index (χ4v) is 3.41. The van der Waals surface area contributed by atoms with E-state index in [0.717, 1.165) is 23.5 Å². The van der Waals surface area contributed by atoms with E-state index in [1.807, 2.05) is 19.9 Å². The highest BCUT2D eigenvalue weighted by molar-refractivity contribution is 5.73. The molecule has 0 amide bonds. The molecule has 1 nitrogen and oxygen atoms in total. The Kier molecular flexibility index (Phi) is 6.79. The van der Waals surface area contributed by atoms with E-state index in [-0.39, 0.29) is 5.82 Å². The normalized spacial score (nSPS) is 22.0. The van der Waals surface area contributed by atoms with E-state index in [1.165, 1.54) is 29.7 Å². The second-order valence-electron chi connectivity index (χ2n) is 6.92. The molecule has 1 saturated carbocycles. The Balaban J connectivity index is 0.00000117. The summed E-state index contributed by atoms with van der Waals surface area (Å²) in [7, 11) is 0. The van der Waals surface area contributed by atoms with E-state index < -0.39 is 0 Å². The van der Waals surface area contributed by atoms with Crippen molar-refractivity contribution in [2.45, 2.75) is 46.0 Å². The van der Waals surface area contributed by atoms with Crippen LogP contribution in [0.1, 0.15) is 50.8 Å². The minimum Gasteiger partial charge on any atom is -0.404 e. The first-order valence-corrected chi connectivity index (χ1v) is 9.47. The van der Waals surface area contributed by atoms with Gasteiger partial charge in [-0.25, -0.2) is 4.39 Å². The molecule has 2 aromatic carbocycles. The first-order chi connectivity index (χ1) is 12.5. The van der Waals surface area contributed by atoms with Gasteiger partial charge in [-0.15, -0.1) is 0 Å². The van der Waals surface area contributed by atoms with Gasteiger partial charge in [0.1, 0.15) is 5.82 Å². The van der Waals surface area contributed by atoms with E-state index >= 15 is 0 Å². The lowest BCUT2D eigenvalue weighted by Gasteiger charge is -2.15. The predicted octanol–water partition coefficient (Wildman–Crippen LogP) is 6.25. The van der Waals surface area contributed by atoms with E-state index in [0.29, 0.717) is 5.41 Å². The molecule has 1 aliphatic carbocycles. The van der Waals surface area contributed by atoms with Crippen LogP contribution in [0.3, 0.4) is 0 Å². The largest absolute Gasteiger partial charge is 0.404 e. The van der Waals surface area contributed by atoms with Crippen molar-refractivity contribution >= 4 is 5.57 Å². The highest BCUT2D eigenvalue weighted by Crippen LogP contribution is 2.54. The van der Waals surface area contributed by atoms with Gasteiger partial charge in [-0.2, -0.15) is 0 Å². The van der Waals surface area contributed by atoms with Crippen LogP contribution in [0.2, 0.25) is 0 Å². The van der Waals surface area contributed by atoms with Gasteiger partial charge in [0, 0.05) is 6.20 Å². The zero-order valence-corrected chi connectivity index (χ0v) is 16.3. The highest BCUT2D eigenvalue weighted by Gasteiger charge is 2.48. The van der Waals surface area contributed by atoms with Gasteiger partial charge >= 0.3 is 0 Å². The summed E-state index contributed by atoms with van der Waals surface area (Å²) in [6.07, 6.45) is 7.86. The summed E-state index contributed by atoms with van der Waals surface area (Å²) in [5, 5.41) is 0. The van der Waals surface area contributed by atoms with Gasteiger partial charge in [0.25, 0.3) is 0 Å². The second-order valence-corrected chi connectivity index (χ2v) is 6.92. The standard InChI is InChI=1S/C22H24FN.C2H6/c1-16-14-22(16,2)21-9-4-3-6-18(21)7-5-8-19(15-24)17-10-12-20(23)13-11-17;1-2/h3-6,8-13,15-16H,7,14,24H2,1-2H3;1-2H3/b8-5-,19-15+;. The summed E-state index contributed by atoms with van der Waals surface area (Å²) in [5.74, 6) is 0.515. The molecule has 0 bridgehead atoms. The maximum absolute atomic E-state index is 13.1. The van der Waals surface area contributed by atoms with Crippen LogP contribution >= 0.6 is 0 Å². The van der Waals surface area contributed by atoms with Crippen molar-refractivity contribution in [3.05, 3.63) is 89.4 Å². The molecule has 2 atom stereocenters. The van der Waals surface area contributed by atoms with Crippen molar-refractivity contribution in [2.75, 3.05) is 0 Å². The van der Waals surface area contributed by atoms with E-state index in [4.69, 9.17) is 5.73 Å². The number of benzene rings is 2. The smallest absolute Gasteiger partial charge is 0.123 e. The van der Waals surface area contributed by atoms with E-state index in [9.17, 15) is 4.39 Å². The summed E-state index contributed by atoms with van der Waals surface area (Å²) in [6.45, 7) is 8.67. The topological polar surface area (TPSA) is 26.0 Å². The Bertz CT molecular complexity index is 773. The zero-order chi connectivity index (χ0) is 19.2. The molecule has 0 radical (unpaired) electrons. The maximum atomic E-state index is 13.1. The molecule has 0 aromatic heterocycles. The lowest BCUT2D eigenvalue weighted by molar-refractivity contribution is 0.627. The van der Waals surface area contributed by atoms with Crippen molar-refractivity contribution in [1.82, 2.24) is 0 Å². The number of halogens is 1. The third-order valence-corrected chi connectivity index (χ3v) is 5.28. The first kappa shape index (κ1) is 20.0. The Morgan fingerprint density at radius 3 is 2.35 bits per heavy atom. The molecule has 3 rings (SSSR count). The summed E-state index contributed by atoms with van der Waals surface area (Å²) >= 11 is 0. The van der Waals surface area contributed by atoms with E-state index in [1.54, 1.807) is 18.3 Å². The van der Waals surface area contributed by atoms with Crippen LogP contribution in [0.5, 0.6) is 0 Å². The summed E-state index contributed by atoms with van der Waals surface area (Å²) in [5.41, 5.74) is 10.7. The van der Waals surface area contributed by atoms with Crippen molar-refractivity contribution < 1.29 is 4.39 Å². The third-order valence-electron chi connectivity index (χ3n) is 5.28. The molecule has 0 aliphatic heterocycles. The zero-order valence-electron chi connectivity index (χ0n) is 16.3. The van der Waals surface area contributed by atoms with Gasteiger partial charge in [0.2, 0.25) is 0 Å². The van der Waals surface area contributed by atoms with Crippen LogP contribution in [0.4, 0.5) is 4.39 Å². The maximum Gasteiger partial charge on any atom is 0.123 e. The van der Waals surface area contributed by atoms with Gasteiger partial charge in [0.15, 0.2) is 0 Å². The third kappa shape index (κ3) is 4.43.